The van der Waals surface area contributed by atoms with E-state index in [4.69, 9.17) is 10.00 Å². The molecule has 2 aromatic rings. The Bertz CT molecular complexity index is 627. The molecule has 2 heterocycles. The van der Waals surface area contributed by atoms with Gasteiger partial charge in [0.05, 0.1) is 36.3 Å². The summed E-state index contributed by atoms with van der Waals surface area (Å²) in [5, 5.41) is 8.70. The molecule has 0 aliphatic carbocycles. The van der Waals surface area contributed by atoms with Crippen LogP contribution < -0.4 is 0 Å². The van der Waals surface area contributed by atoms with Crippen LogP contribution in [0.3, 0.4) is 0 Å². The zero-order valence-corrected chi connectivity index (χ0v) is 10.7. The molecule has 0 aliphatic heterocycles. The lowest BCUT2D eigenvalue weighted by atomic mass is 10.3. The molecule has 0 bridgehead atoms. The smallest absolute Gasteiger partial charge is 0.313 e. The van der Waals surface area contributed by atoms with Crippen LogP contribution in [0.25, 0.3) is 11.0 Å². The highest BCUT2D eigenvalue weighted by Crippen LogP contribution is 2.16. The zero-order chi connectivity index (χ0) is 13.7. The molecule has 0 atom stereocenters. The number of imidazole rings is 1. The Kier molecular flexibility index (Phi) is 4.08. The van der Waals surface area contributed by atoms with Crippen LogP contribution in [0.15, 0.2) is 18.5 Å². The fraction of sp³-hybridized carbons (Fsp3) is 0.385. The number of nitriles is 1. The van der Waals surface area contributed by atoms with Crippen molar-refractivity contribution in [3.8, 4) is 6.07 Å². The average Bonchev–Trinajstić information content (AvgIpc) is 2.74. The number of carbonyl (C=O) groups is 1. The number of nitrogens with zero attached hydrogens (tertiary/aromatic N) is 4. The van der Waals surface area contributed by atoms with E-state index in [-0.39, 0.29) is 12.4 Å². The van der Waals surface area contributed by atoms with Gasteiger partial charge in [-0.1, -0.05) is 0 Å². The summed E-state index contributed by atoms with van der Waals surface area (Å²) < 4.78 is 6.78. The molecular formula is C13H14N4O2. The lowest BCUT2D eigenvalue weighted by Crippen LogP contribution is -2.13. The van der Waals surface area contributed by atoms with Gasteiger partial charge in [-0.2, -0.15) is 5.26 Å². The summed E-state index contributed by atoms with van der Waals surface area (Å²) >= 11 is 0. The van der Waals surface area contributed by atoms with E-state index in [9.17, 15) is 4.79 Å². The number of rotatable bonds is 5. The van der Waals surface area contributed by atoms with Crippen molar-refractivity contribution in [2.24, 2.45) is 0 Å². The standard InChI is InChI=1S/C13H14N4O2/c1-2-19-13(18)8-12-16-10-4-6-15-9-11(10)17(12)7-3-5-14/h4,6,9H,2-3,7-8H2,1H3. The van der Waals surface area contributed by atoms with Gasteiger partial charge in [0.25, 0.3) is 0 Å². The number of ether oxygens (including phenoxy) is 1. The third-order valence-electron chi connectivity index (χ3n) is 2.68. The monoisotopic (exact) mass is 258 g/mol. The molecule has 2 aromatic heterocycles. The predicted octanol–water partition coefficient (Wildman–Crippen LogP) is 1.45. The minimum Gasteiger partial charge on any atom is -0.466 e. The fourth-order valence-corrected chi connectivity index (χ4v) is 1.91. The number of hydrogen-bond acceptors (Lipinski definition) is 5. The van der Waals surface area contributed by atoms with Crippen molar-refractivity contribution in [1.29, 1.82) is 5.26 Å². The van der Waals surface area contributed by atoms with Gasteiger partial charge in [0.15, 0.2) is 0 Å². The van der Waals surface area contributed by atoms with Crippen molar-refractivity contribution in [2.45, 2.75) is 26.3 Å². The van der Waals surface area contributed by atoms with Gasteiger partial charge in [-0.3, -0.25) is 9.78 Å². The zero-order valence-electron chi connectivity index (χ0n) is 10.7. The van der Waals surface area contributed by atoms with Gasteiger partial charge in [0.2, 0.25) is 0 Å². The van der Waals surface area contributed by atoms with Crippen molar-refractivity contribution in [1.82, 2.24) is 14.5 Å². The van der Waals surface area contributed by atoms with Gasteiger partial charge in [-0.05, 0) is 13.0 Å². The largest absolute Gasteiger partial charge is 0.466 e. The Balaban J connectivity index is 2.35. The summed E-state index contributed by atoms with van der Waals surface area (Å²) in [6.07, 6.45) is 3.80. The second-order valence-electron chi connectivity index (χ2n) is 3.93. The van der Waals surface area contributed by atoms with Gasteiger partial charge >= 0.3 is 5.97 Å². The summed E-state index contributed by atoms with van der Waals surface area (Å²) in [4.78, 5) is 20.0. The van der Waals surface area contributed by atoms with Crippen LogP contribution in [0, 0.1) is 11.3 Å². The van der Waals surface area contributed by atoms with Gasteiger partial charge in [-0.15, -0.1) is 0 Å². The Labute approximate surface area is 110 Å². The summed E-state index contributed by atoms with van der Waals surface area (Å²) in [7, 11) is 0. The van der Waals surface area contributed by atoms with E-state index < -0.39 is 0 Å². The third-order valence-corrected chi connectivity index (χ3v) is 2.68. The first kappa shape index (κ1) is 13.0. The van der Waals surface area contributed by atoms with Crippen molar-refractivity contribution in [3.63, 3.8) is 0 Å². The Morgan fingerprint density at radius 1 is 1.58 bits per heavy atom. The number of aromatic nitrogens is 3. The first-order valence-corrected chi connectivity index (χ1v) is 6.08. The highest BCUT2D eigenvalue weighted by Gasteiger charge is 2.14. The van der Waals surface area contributed by atoms with Gasteiger partial charge in [0.1, 0.15) is 12.2 Å². The van der Waals surface area contributed by atoms with Crippen LogP contribution in [-0.4, -0.2) is 27.1 Å². The number of esters is 1. The van der Waals surface area contributed by atoms with Crippen LogP contribution in [0.5, 0.6) is 0 Å². The molecule has 0 unspecified atom stereocenters. The van der Waals surface area contributed by atoms with E-state index >= 15 is 0 Å². The normalized spacial score (nSPS) is 10.3. The van der Waals surface area contributed by atoms with Crippen LogP contribution in [-0.2, 0) is 22.5 Å². The summed E-state index contributed by atoms with van der Waals surface area (Å²) in [5.41, 5.74) is 1.60. The fourth-order valence-electron chi connectivity index (χ4n) is 1.91. The van der Waals surface area contributed by atoms with E-state index in [1.165, 1.54) is 0 Å². The van der Waals surface area contributed by atoms with E-state index in [1.54, 1.807) is 25.4 Å². The van der Waals surface area contributed by atoms with E-state index in [0.29, 0.717) is 25.4 Å². The topological polar surface area (TPSA) is 80.8 Å². The minimum absolute atomic E-state index is 0.105. The van der Waals surface area contributed by atoms with Crippen molar-refractivity contribution < 1.29 is 9.53 Å². The van der Waals surface area contributed by atoms with Crippen molar-refractivity contribution in [3.05, 3.63) is 24.3 Å². The number of fused-ring (bicyclic) bond motifs is 1. The lowest BCUT2D eigenvalue weighted by Gasteiger charge is -2.06. The van der Waals surface area contributed by atoms with Gasteiger partial charge in [-0.25, -0.2) is 4.98 Å². The van der Waals surface area contributed by atoms with Crippen LogP contribution in [0.1, 0.15) is 19.2 Å². The van der Waals surface area contributed by atoms with Crippen LogP contribution >= 0.6 is 0 Å². The third kappa shape index (κ3) is 2.88. The van der Waals surface area contributed by atoms with Crippen molar-refractivity contribution >= 4 is 17.0 Å². The highest BCUT2D eigenvalue weighted by molar-refractivity contribution is 5.77. The molecule has 0 aliphatic rings. The van der Waals surface area contributed by atoms with E-state index in [0.717, 1.165) is 11.0 Å². The van der Waals surface area contributed by atoms with Crippen LogP contribution in [0.4, 0.5) is 0 Å². The Morgan fingerprint density at radius 2 is 2.42 bits per heavy atom. The molecule has 6 heteroatoms. The summed E-state index contributed by atoms with van der Waals surface area (Å²) in [6.45, 7) is 2.60. The predicted molar refractivity (Wildman–Crippen MR) is 68.1 cm³/mol. The second-order valence-corrected chi connectivity index (χ2v) is 3.93. The Hall–Kier alpha value is -2.42. The molecule has 98 valence electrons. The maximum atomic E-state index is 11.6. The van der Waals surface area contributed by atoms with E-state index in [2.05, 4.69) is 16.0 Å². The van der Waals surface area contributed by atoms with Gasteiger partial charge < -0.3 is 9.30 Å². The molecule has 2 rings (SSSR count). The first-order valence-electron chi connectivity index (χ1n) is 6.08. The molecule has 0 aromatic carbocycles. The maximum Gasteiger partial charge on any atom is 0.313 e. The highest BCUT2D eigenvalue weighted by atomic mass is 16.5. The number of aryl methyl sites for hydroxylation is 1. The quantitative estimate of drug-likeness (QED) is 0.758. The molecule has 0 saturated heterocycles. The molecule has 0 spiro atoms. The molecule has 6 nitrogen and oxygen atoms in total. The van der Waals surface area contributed by atoms with Crippen molar-refractivity contribution in [2.75, 3.05) is 6.61 Å². The first-order chi connectivity index (χ1) is 9.26. The van der Waals surface area contributed by atoms with Crippen LogP contribution in [0.2, 0.25) is 0 Å². The average molecular weight is 258 g/mol. The number of pyridine rings is 1. The maximum absolute atomic E-state index is 11.6. The lowest BCUT2D eigenvalue weighted by molar-refractivity contribution is -0.142. The summed E-state index contributed by atoms with van der Waals surface area (Å²) in [6, 6.07) is 3.88. The summed E-state index contributed by atoms with van der Waals surface area (Å²) in [5.74, 6) is 0.292. The van der Waals surface area contributed by atoms with Gasteiger partial charge in [0, 0.05) is 12.7 Å². The second kappa shape index (κ2) is 5.96. The molecule has 0 radical (unpaired) electrons. The molecule has 0 fully saturated rings. The Morgan fingerprint density at radius 3 is 3.16 bits per heavy atom. The molecule has 0 N–H and O–H groups in total. The molecule has 0 amide bonds. The number of carbonyl (C=O) groups excluding carboxylic acids is 1. The molecular weight excluding hydrogens is 244 g/mol. The molecule has 0 saturated carbocycles. The molecule has 19 heavy (non-hydrogen) atoms. The number of hydrogen-bond donors (Lipinski definition) is 0. The SMILES string of the molecule is CCOC(=O)Cc1nc2ccncc2n1CCC#N. The minimum atomic E-state index is -0.316. The van der Waals surface area contributed by atoms with E-state index in [1.807, 2.05) is 4.57 Å².